The van der Waals surface area contributed by atoms with Gasteiger partial charge in [-0.15, -0.1) is 11.3 Å². The molecule has 0 saturated heterocycles. The van der Waals surface area contributed by atoms with Gasteiger partial charge >= 0.3 is 0 Å². The third-order valence-corrected chi connectivity index (χ3v) is 4.88. The zero-order valence-corrected chi connectivity index (χ0v) is 12.9. The standard InChI is InChI=1S/C14H20N2S2/c1-4-8-16(9-5-2)11-6-7-12-13(10-11)18-14(15-12)17-3/h6-7,10H,4-5,8-9H2,1-3H3. The maximum atomic E-state index is 4.59. The molecular formula is C14H20N2S2. The van der Waals surface area contributed by atoms with Crippen molar-refractivity contribution in [3.8, 4) is 0 Å². The average molecular weight is 280 g/mol. The molecule has 18 heavy (non-hydrogen) atoms. The van der Waals surface area contributed by atoms with E-state index in [1.807, 2.05) is 0 Å². The number of thiazole rings is 1. The van der Waals surface area contributed by atoms with Crippen molar-refractivity contribution >= 4 is 39.0 Å². The second-order valence-corrected chi connectivity index (χ2v) is 6.41. The summed E-state index contributed by atoms with van der Waals surface area (Å²) in [4.78, 5) is 7.06. The van der Waals surface area contributed by atoms with Crippen LogP contribution in [0.5, 0.6) is 0 Å². The molecule has 98 valence electrons. The Morgan fingerprint density at radius 1 is 1.22 bits per heavy atom. The molecule has 1 aromatic heterocycles. The van der Waals surface area contributed by atoms with Crippen molar-refractivity contribution < 1.29 is 0 Å². The molecule has 0 N–H and O–H groups in total. The second-order valence-electron chi connectivity index (χ2n) is 4.32. The smallest absolute Gasteiger partial charge is 0.150 e. The lowest BCUT2D eigenvalue weighted by Crippen LogP contribution is -2.24. The minimum absolute atomic E-state index is 1.13. The Morgan fingerprint density at radius 3 is 2.56 bits per heavy atom. The van der Waals surface area contributed by atoms with Gasteiger partial charge in [0, 0.05) is 18.8 Å². The molecule has 0 aliphatic carbocycles. The summed E-state index contributed by atoms with van der Waals surface area (Å²) < 4.78 is 2.45. The molecule has 0 saturated carbocycles. The monoisotopic (exact) mass is 280 g/mol. The van der Waals surface area contributed by atoms with Gasteiger partial charge in [-0.05, 0) is 37.3 Å². The predicted molar refractivity (Wildman–Crippen MR) is 84.2 cm³/mol. The van der Waals surface area contributed by atoms with E-state index in [1.54, 1.807) is 23.1 Å². The van der Waals surface area contributed by atoms with E-state index in [9.17, 15) is 0 Å². The fourth-order valence-corrected chi connectivity index (χ4v) is 3.61. The Kier molecular flexibility index (Phi) is 4.89. The summed E-state index contributed by atoms with van der Waals surface area (Å²) in [6, 6.07) is 6.65. The molecule has 0 fully saturated rings. The van der Waals surface area contributed by atoms with Crippen LogP contribution in [0.15, 0.2) is 22.5 Å². The van der Waals surface area contributed by atoms with Crippen molar-refractivity contribution in [2.45, 2.75) is 31.0 Å². The van der Waals surface area contributed by atoms with Crippen LogP contribution in [-0.4, -0.2) is 24.3 Å². The highest BCUT2D eigenvalue weighted by molar-refractivity contribution is 8.00. The van der Waals surface area contributed by atoms with Crippen LogP contribution >= 0.6 is 23.1 Å². The fourth-order valence-electron chi connectivity index (χ4n) is 2.09. The van der Waals surface area contributed by atoms with Crippen LogP contribution in [0.2, 0.25) is 0 Å². The topological polar surface area (TPSA) is 16.1 Å². The van der Waals surface area contributed by atoms with Crippen LogP contribution in [0.4, 0.5) is 5.69 Å². The van der Waals surface area contributed by atoms with Crippen molar-refractivity contribution in [2.75, 3.05) is 24.2 Å². The van der Waals surface area contributed by atoms with Gasteiger partial charge in [0.25, 0.3) is 0 Å². The maximum Gasteiger partial charge on any atom is 0.150 e. The van der Waals surface area contributed by atoms with Gasteiger partial charge in [0.2, 0.25) is 0 Å². The first-order chi connectivity index (χ1) is 8.78. The number of rotatable bonds is 6. The zero-order valence-electron chi connectivity index (χ0n) is 11.3. The summed E-state index contributed by atoms with van der Waals surface area (Å²) >= 11 is 3.51. The lowest BCUT2D eigenvalue weighted by Gasteiger charge is -2.23. The summed E-state index contributed by atoms with van der Waals surface area (Å²) in [5.74, 6) is 0. The Morgan fingerprint density at radius 2 is 1.94 bits per heavy atom. The maximum absolute atomic E-state index is 4.59. The highest BCUT2D eigenvalue weighted by Crippen LogP contribution is 2.31. The molecule has 2 rings (SSSR count). The Balaban J connectivity index is 2.31. The average Bonchev–Trinajstić information content (AvgIpc) is 2.80. The predicted octanol–water partition coefficient (Wildman–Crippen LogP) is 4.64. The number of anilines is 1. The summed E-state index contributed by atoms with van der Waals surface area (Å²) in [5, 5.41) is 0. The van der Waals surface area contributed by atoms with Gasteiger partial charge in [-0.2, -0.15) is 0 Å². The molecular weight excluding hydrogens is 260 g/mol. The summed E-state index contributed by atoms with van der Waals surface area (Å²) in [6.07, 6.45) is 4.46. The number of fused-ring (bicyclic) bond motifs is 1. The molecule has 0 spiro atoms. The molecule has 0 aliphatic rings. The molecule has 0 radical (unpaired) electrons. The summed E-state index contributed by atoms with van der Waals surface area (Å²) in [6.45, 7) is 6.74. The first-order valence-corrected chi connectivity index (χ1v) is 8.52. The molecule has 1 heterocycles. The minimum atomic E-state index is 1.13. The first-order valence-electron chi connectivity index (χ1n) is 6.48. The number of nitrogens with zero attached hydrogens (tertiary/aromatic N) is 2. The van der Waals surface area contributed by atoms with E-state index in [4.69, 9.17) is 0 Å². The van der Waals surface area contributed by atoms with E-state index in [2.05, 4.69) is 48.2 Å². The van der Waals surface area contributed by atoms with Crippen LogP contribution < -0.4 is 4.90 Å². The Bertz CT molecular complexity index is 501. The van der Waals surface area contributed by atoms with E-state index >= 15 is 0 Å². The quantitative estimate of drug-likeness (QED) is 0.717. The van der Waals surface area contributed by atoms with E-state index in [0.29, 0.717) is 0 Å². The normalized spacial score (nSPS) is 11.1. The molecule has 2 aromatic rings. The van der Waals surface area contributed by atoms with Crippen LogP contribution in [-0.2, 0) is 0 Å². The second kappa shape index (κ2) is 6.43. The first kappa shape index (κ1) is 13.7. The molecule has 1 aromatic carbocycles. The third-order valence-electron chi connectivity index (χ3n) is 2.88. The summed E-state index contributed by atoms with van der Waals surface area (Å²) in [5.41, 5.74) is 2.46. The molecule has 4 heteroatoms. The number of hydrogen-bond acceptors (Lipinski definition) is 4. The van der Waals surface area contributed by atoms with Gasteiger partial charge in [-0.25, -0.2) is 4.98 Å². The van der Waals surface area contributed by atoms with Crippen LogP contribution in [0, 0.1) is 0 Å². The van der Waals surface area contributed by atoms with Crippen LogP contribution in [0.3, 0.4) is 0 Å². The SMILES string of the molecule is CCCN(CCC)c1ccc2nc(SC)sc2c1. The van der Waals surface area contributed by atoms with Crippen molar-refractivity contribution in [2.24, 2.45) is 0 Å². The van der Waals surface area contributed by atoms with E-state index in [1.165, 1.54) is 23.2 Å². The summed E-state index contributed by atoms with van der Waals surface area (Å²) in [7, 11) is 0. The highest BCUT2D eigenvalue weighted by Gasteiger charge is 2.08. The van der Waals surface area contributed by atoms with Gasteiger partial charge in [0.15, 0.2) is 4.34 Å². The molecule has 2 nitrogen and oxygen atoms in total. The molecule has 0 unspecified atom stereocenters. The number of benzene rings is 1. The molecule has 0 atom stereocenters. The van der Waals surface area contributed by atoms with Crippen molar-refractivity contribution in [3.05, 3.63) is 18.2 Å². The van der Waals surface area contributed by atoms with Crippen molar-refractivity contribution in [3.63, 3.8) is 0 Å². The van der Waals surface area contributed by atoms with Crippen LogP contribution in [0.25, 0.3) is 10.2 Å². The molecule has 0 aliphatic heterocycles. The van der Waals surface area contributed by atoms with Crippen molar-refractivity contribution in [1.29, 1.82) is 0 Å². The fraction of sp³-hybridized carbons (Fsp3) is 0.500. The third kappa shape index (κ3) is 2.98. The van der Waals surface area contributed by atoms with Gasteiger partial charge < -0.3 is 4.90 Å². The Labute approximate surface area is 117 Å². The van der Waals surface area contributed by atoms with Gasteiger partial charge in [-0.1, -0.05) is 25.6 Å². The number of aromatic nitrogens is 1. The number of thioether (sulfide) groups is 1. The minimum Gasteiger partial charge on any atom is -0.372 e. The highest BCUT2D eigenvalue weighted by atomic mass is 32.2. The molecule has 0 amide bonds. The van der Waals surface area contributed by atoms with E-state index < -0.39 is 0 Å². The lowest BCUT2D eigenvalue weighted by atomic mass is 10.2. The Hall–Kier alpha value is -0.740. The lowest BCUT2D eigenvalue weighted by molar-refractivity contribution is 0.745. The van der Waals surface area contributed by atoms with E-state index in [0.717, 1.165) is 22.9 Å². The number of hydrogen-bond donors (Lipinski definition) is 0. The van der Waals surface area contributed by atoms with E-state index in [-0.39, 0.29) is 0 Å². The van der Waals surface area contributed by atoms with Crippen molar-refractivity contribution in [1.82, 2.24) is 4.98 Å². The van der Waals surface area contributed by atoms with Crippen LogP contribution in [0.1, 0.15) is 26.7 Å². The largest absolute Gasteiger partial charge is 0.372 e. The van der Waals surface area contributed by atoms with Gasteiger partial charge in [0.05, 0.1) is 10.2 Å². The zero-order chi connectivity index (χ0) is 13.0. The van der Waals surface area contributed by atoms with Gasteiger partial charge in [0.1, 0.15) is 0 Å². The molecule has 0 bridgehead atoms. The van der Waals surface area contributed by atoms with Gasteiger partial charge in [-0.3, -0.25) is 0 Å².